The van der Waals surface area contributed by atoms with Gasteiger partial charge in [0.2, 0.25) is 0 Å². The van der Waals surface area contributed by atoms with Gasteiger partial charge in [0.05, 0.1) is 11.1 Å². The Kier molecular flexibility index (Phi) is 3.38. The molecule has 0 aliphatic heterocycles. The van der Waals surface area contributed by atoms with E-state index in [1.807, 2.05) is 17.5 Å². The molecule has 17 heavy (non-hydrogen) atoms. The van der Waals surface area contributed by atoms with Crippen LogP contribution in [-0.2, 0) is 0 Å². The molecule has 6 heteroatoms. The fourth-order valence-electron chi connectivity index (χ4n) is 1.25. The average molecular weight is 305 g/mol. The van der Waals surface area contributed by atoms with Gasteiger partial charge in [0.1, 0.15) is 16.7 Å². The molecule has 0 atom stereocenters. The van der Waals surface area contributed by atoms with Crippen LogP contribution >= 0.6 is 27.3 Å². The van der Waals surface area contributed by atoms with E-state index < -0.39 is 0 Å². The van der Waals surface area contributed by atoms with Gasteiger partial charge in [0, 0.05) is 11.1 Å². The van der Waals surface area contributed by atoms with Crippen LogP contribution in [0.2, 0.25) is 0 Å². The highest BCUT2D eigenvalue weighted by molar-refractivity contribution is 9.10. The van der Waals surface area contributed by atoms with E-state index in [1.54, 1.807) is 18.2 Å². The molecule has 0 fully saturated rings. The standard InChI is InChI=1S/C11H5BrN4S/c12-10-6-17-11(16-10)15-9-2-1-7(4-13)8(3-9)5-14/h1-3,6H,(H,15,16). The molecule has 1 aromatic carbocycles. The van der Waals surface area contributed by atoms with E-state index in [0.29, 0.717) is 11.1 Å². The van der Waals surface area contributed by atoms with Crippen molar-refractivity contribution < 1.29 is 0 Å². The Bertz CT molecular complexity index is 636. The summed E-state index contributed by atoms with van der Waals surface area (Å²) in [4.78, 5) is 4.18. The number of halogens is 1. The summed E-state index contributed by atoms with van der Waals surface area (Å²) >= 11 is 4.71. The molecule has 0 aliphatic carbocycles. The summed E-state index contributed by atoms with van der Waals surface area (Å²) in [5, 5.41) is 23.3. The van der Waals surface area contributed by atoms with Crippen molar-refractivity contribution in [2.45, 2.75) is 0 Å². The maximum atomic E-state index is 8.89. The number of benzene rings is 1. The third kappa shape index (κ3) is 2.62. The minimum absolute atomic E-state index is 0.355. The zero-order valence-electron chi connectivity index (χ0n) is 8.44. The summed E-state index contributed by atoms with van der Waals surface area (Å²) < 4.78 is 0.763. The largest absolute Gasteiger partial charge is 0.331 e. The topological polar surface area (TPSA) is 72.5 Å². The number of nitrogens with zero attached hydrogens (tertiary/aromatic N) is 3. The first-order valence-electron chi connectivity index (χ1n) is 4.55. The highest BCUT2D eigenvalue weighted by atomic mass is 79.9. The summed E-state index contributed by atoms with van der Waals surface area (Å²) in [6.45, 7) is 0. The normalized spacial score (nSPS) is 9.35. The fourth-order valence-corrected chi connectivity index (χ4v) is 2.41. The van der Waals surface area contributed by atoms with Crippen LogP contribution in [0, 0.1) is 22.7 Å². The van der Waals surface area contributed by atoms with E-state index in [2.05, 4.69) is 26.2 Å². The Hall–Kier alpha value is -1.89. The molecule has 1 aromatic heterocycles. The number of hydrogen-bond donors (Lipinski definition) is 1. The smallest absolute Gasteiger partial charge is 0.188 e. The third-order valence-electron chi connectivity index (χ3n) is 1.99. The van der Waals surface area contributed by atoms with Gasteiger partial charge >= 0.3 is 0 Å². The molecule has 0 bridgehead atoms. The quantitative estimate of drug-likeness (QED) is 0.923. The molecule has 0 spiro atoms. The minimum atomic E-state index is 0.355. The summed E-state index contributed by atoms with van der Waals surface area (Å²) in [6, 6.07) is 8.95. The monoisotopic (exact) mass is 304 g/mol. The molecule has 1 N–H and O–H groups in total. The maximum absolute atomic E-state index is 8.89. The average Bonchev–Trinajstić information content (AvgIpc) is 2.74. The number of nitriles is 2. The van der Waals surface area contributed by atoms with Gasteiger partial charge in [-0.3, -0.25) is 0 Å². The molecule has 0 aliphatic rings. The fraction of sp³-hybridized carbons (Fsp3) is 0. The summed E-state index contributed by atoms with van der Waals surface area (Å²) in [6.07, 6.45) is 0. The van der Waals surface area contributed by atoms with Crippen LogP contribution in [0.15, 0.2) is 28.2 Å². The van der Waals surface area contributed by atoms with E-state index in [1.165, 1.54) is 11.3 Å². The zero-order valence-corrected chi connectivity index (χ0v) is 10.8. The van der Waals surface area contributed by atoms with Crippen LogP contribution in [0.1, 0.15) is 11.1 Å². The van der Waals surface area contributed by atoms with Crippen molar-refractivity contribution in [3.8, 4) is 12.1 Å². The first kappa shape index (κ1) is 11.6. The zero-order chi connectivity index (χ0) is 12.3. The van der Waals surface area contributed by atoms with Gasteiger partial charge in [-0.1, -0.05) is 0 Å². The molecule has 0 saturated carbocycles. The lowest BCUT2D eigenvalue weighted by Crippen LogP contribution is -1.92. The minimum Gasteiger partial charge on any atom is -0.331 e. The second kappa shape index (κ2) is 4.96. The molecular formula is C11H5BrN4S. The Morgan fingerprint density at radius 2 is 2.00 bits per heavy atom. The Balaban J connectivity index is 2.30. The van der Waals surface area contributed by atoms with Gasteiger partial charge in [-0.25, -0.2) is 4.98 Å². The number of aromatic nitrogens is 1. The van der Waals surface area contributed by atoms with Gasteiger partial charge in [0.25, 0.3) is 0 Å². The summed E-state index contributed by atoms with van der Waals surface area (Å²) in [5.74, 6) is 0. The van der Waals surface area contributed by atoms with E-state index in [4.69, 9.17) is 10.5 Å². The molecule has 0 saturated heterocycles. The number of thiazole rings is 1. The van der Waals surface area contributed by atoms with Crippen molar-refractivity contribution in [3.63, 3.8) is 0 Å². The molecule has 4 nitrogen and oxygen atoms in total. The molecule has 0 amide bonds. The third-order valence-corrected chi connectivity index (χ3v) is 3.45. The summed E-state index contributed by atoms with van der Waals surface area (Å²) in [7, 11) is 0. The van der Waals surface area contributed by atoms with Crippen molar-refractivity contribution in [2.75, 3.05) is 5.32 Å². The van der Waals surface area contributed by atoms with Crippen LogP contribution in [0.25, 0.3) is 0 Å². The first-order chi connectivity index (χ1) is 8.22. The Morgan fingerprint density at radius 3 is 2.59 bits per heavy atom. The maximum Gasteiger partial charge on any atom is 0.188 e. The van der Waals surface area contributed by atoms with Crippen molar-refractivity contribution in [2.24, 2.45) is 0 Å². The van der Waals surface area contributed by atoms with Crippen molar-refractivity contribution in [1.29, 1.82) is 10.5 Å². The van der Waals surface area contributed by atoms with Crippen molar-refractivity contribution >= 4 is 38.1 Å². The SMILES string of the molecule is N#Cc1ccc(Nc2nc(Br)cs2)cc1C#N. The molecule has 2 aromatic rings. The van der Waals surface area contributed by atoms with Gasteiger partial charge in [-0.05, 0) is 34.1 Å². The number of anilines is 2. The Labute approximate surface area is 110 Å². The van der Waals surface area contributed by atoms with Gasteiger partial charge in [0.15, 0.2) is 5.13 Å². The lowest BCUT2D eigenvalue weighted by Gasteiger charge is -2.03. The lowest BCUT2D eigenvalue weighted by molar-refractivity contribution is 1.34. The molecule has 0 unspecified atom stereocenters. The second-order valence-electron chi connectivity index (χ2n) is 3.08. The molecular weight excluding hydrogens is 300 g/mol. The van der Waals surface area contributed by atoms with Crippen LogP contribution in [0.3, 0.4) is 0 Å². The van der Waals surface area contributed by atoms with Crippen molar-refractivity contribution in [3.05, 3.63) is 39.3 Å². The van der Waals surface area contributed by atoms with Crippen LogP contribution in [0.5, 0.6) is 0 Å². The van der Waals surface area contributed by atoms with Gasteiger partial charge in [-0.15, -0.1) is 11.3 Å². The van der Waals surface area contributed by atoms with Gasteiger partial charge < -0.3 is 5.32 Å². The van der Waals surface area contributed by atoms with Crippen LogP contribution in [0.4, 0.5) is 10.8 Å². The van der Waals surface area contributed by atoms with Crippen molar-refractivity contribution in [1.82, 2.24) is 4.98 Å². The predicted molar refractivity (Wildman–Crippen MR) is 69.0 cm³/mol. The van der Waals surface area contributed by atoms with E-state index in [9.17, 15) is 0 Å². The molecule has 82 valence electrons. The van der Waals surface area contributed by atoms with E-state index in [-0.39, 0.29) is 0 Å². The number of nitrogens with one attached hydrogen (secondary N) is 1. The highest BCUT2D eigenvalue weighted by Gasteiger charge is 2.04. The van der Waals surface area contributed by atoms with E-state index in [0.717, 1.165) is 15.4 Å². The number of rotatable bonds is 2. The molecule has 1 heterocycles. The Morgan fingerprint density at radius 1 is 1.24 bits per heavy atom. The lowest BCUT2D eigenvalue weighted by atomic mass is 10.1. The van der Waals surface area contributed by atoms with E-state index >= 15 is 0 Å². The first-order valence-corrected chi connectivity index (χ1v) is 6.22. The highest BCUT2D eigenvalue weighted by Crippen LogP contribution is 2.24. The predicted octanol–water partition coefficient (Wildman–Crippen LogP) is 3.39. The van der Waals surface area contributed by atoms with Gasteiger partial charge in [-0.2, -0.15) is 10.5 Å². The number of hydrogen-bond acceptors (Lipinski definition) is 5. The summed E-state index contributed by atoms with van der Waals surface area (Å²) in [5.41, 5.74) is 1.47. The second-order valence-corrected chi connectivity index (χ2v) is 4.75. The van der Waals surface area contributed by atoms with Crippen LogP contribution in [-0.4, -0.2) is 4.98 Å². The van der Waals surface area contributed by atoms with Crippen LogP contribution < -0.4 is 5.32 Å². The molecule has 2 rings (SSSR count). The molecule has 0 radical (unpaired) electrons.